The van der Waals surface area contributed by atoms with Crippen molar-refractivity contribution in [2.75, 3.05) is 0 Å². The van der Waals surface area contributed by atoms with Crippen LogP contribution in [0.1, 0.15) is 46.5 Å². The van der Waals surface area contributed by atoms with Gasteiger partial charge in [-0.1, -0.05) is 12.8 Å². The molecular formula is C12H23NO2. The predicted molar refractivity (Wildman–Crippen MR) is 62.9 cm³/mol. The second-order valence-corrected chi connectivity index (χ2v) is 4.63. The summed E-state index contributed by atoms with van der Waals surface area (Å²) in [5.41, 5.74) is -0.386. The van der Waals surface area contributed by atoms with Crippen molar-refractivity contribution < 1.29 is 9.53 Å². The highest BCUT2D eigenvalue weighted by Crippen LogP contribution is 2.18. The van der Waals surface area contributed by atoms with Crippen molar-refractivity contribution in [3.63, 3.8) is 0 Å². The Morgan fingerprint density at radius 3 is 2.13 bits per heavy atom. The molecule has 88 valence electrons. The number of hydrogen-bond donors (Lipinski definition) is 1. The molecule has 1 aliphatic rings. The fourth-order valence-electron chi connectivity index (χ4n) is 1.54. The van der Waals surface area contributed by atoms with E-state index in [0.29, 0.717) is 6.04 Å². The Morgan fingerprint density at radius 2 is 1.73 bits per heavy atom. The number of carbonyl (C=O) groups is 1. The van der Waals surface area contributed by atoms with Gasteiger partial charge >= 0.3 is 6.09 Å². The molecule has 15 heavy (non-hydrogen) atoms. The average Bonchev–Trinajstić information content (AvgIpc) is 2.57. The number of carbonyl (C=O) groups excluding carboxylic acids is 1. The van der Waals surface area contributed by atoms with E-state index in [1.807, 2.05) is 20.8 Å². The van der Waals surface area contributed by atoms with Crippen LogP contribution in [0.15, 0.2) is 13.2 Å². The summed E-state index contributed by atoms with van der Waals surface area (Å²) >= 11 is 0. The fraction of sp³-hybridized carbons (Fsp3) is 0.750. The van der Waals surface area contributed by atoms with Crippen LogP contribution in [0.5, 0.6) is 0 Å². The number of hydrogen-bond acceptors (Lipinski definition) is 2. The Kier molecular flexibility index (Phi) is 6.06. The molecule has 0 aromatic carbocycles. The van der Waals surface area contributed by atoms with E-state index in [9.17, 15) is 4.79 Å². The van der Waals surface area contributed by atoms with Gasteiger partial charge in [0, 0.05) is 6.04 Å². The number of alkyl carbamates (subject to hydrolysis) is 1. The van der Waals surface area contributed by atoms with Crippen LogP contribution in [0.2, 0.25) is 0 Å². The Morgan fingerprint density at radius 1 is 1.27 bits per heavy atom. The van der Waals surface area contributed by atoms with Crippen LogP contribution in [0, 0.1) is 0 Å². The van der Waals surface area contributed by atoms with Crippen molar-refractivity contribution in [3.8, 4) is 0 Å². The number of rotatable bonds is 1. The van der Waals surface area contributed by atoms with Crippen LogP contribution in [0.25, 0.3) is 0 Å². The first kappa shape index (κ1) is 14.0. The predicted octanol–water partition coefficient (Wildman–Crippen LogP) is 3.26. The molecule has 0 aliphatic heterocycles. The molecule has 1 amide bonds. The third kappa shape index (κ3) is 7.00. The Hall–Kier alpha value is -0.990. The SMILES string of the molecule is C=C.CC(C)(C)OC(=O)NC1CCCC1. The van der Waals surface area contributed by atoms with Crippen LogP contribution in [-0.2, 0) is 4.74 Å². The van der Waals surface area contributed by atoms with Crippen molar-refractivity contribution in [2.45, 2.75) is 58.1 Å². The fourth-order valence-corrected chi connectivity index (χ4v) is 1.54. The largest absolute Gasteiger partial charge is 0.444 e. The van der Waals surface area contributed by atoms with Crippen molar-refractivity contribution in [1.82, 2.24) is 5.32 Å². The monoisotopic (exact) mass is 213 g/mol. The Balaban J connectivity index is 0.000000921. The standard InChI is InChI=1S/C10H19NO2.C2H4/c1-10(2,3)13-9(12)11-8-6-4-5-7-8;1-2/h8H,4-7H2,1-3H3,(H,11,12);1-2H2. The molecule has 3 heteroatoms. The van der Waals surface area contributed by atoms with Gasteiger partial charge in [0.05, 0.1) is 0 Å². The van der Waals surface area contributed by atoms with Gasteiger partial charge in [0.25, 0.3) is 0 Å². The minimum Gasteiger partial charge on any atom is -0.444 e. The molecule has 3 nitrogen and oxygen atoms in total. The van der Waals surface area contributed by atoms with E-state index in [0.717, 1.165) is 12.8 Å². The van der Waals surface area contributed by atoms with Crippen LogP contribution in [0.3, 0.4) is 0 Å². The summed E-state index contributed by atoms with van der Waals surface area (Å²) in [5.74, 6) is 0. The van der Waals surface area contributed by atoms with E-state index in [4.69, 9.17) is 4.74 Å². The van der Waals surface area contributed by atoms with Crippen LogP contribution in [0.4, 0.5) is 4.79 Å². The summed E-state index contributed by atoms with van der Waals surface area (Å²) in [6.45, 7) is 11.6. The van der Waals surface area contributed by atoms with E-state index >= 15 is 0 Å². The minimum absolute atomic E-state index is 0.278. The van der Waals surface area contributed by atoms with Gasteiger partial charge in [-0.15, -0.1) is 13.2 Å². The average molecular weight is 213 g/mol. The highest BCUT2D eigenvalue weighted by atomic mass is 16.6. The zero-order chi connectivity index (χ0) is 11.9. The second-order valence-electron chi connectivity index (χ2n) is 4.63. The lowest BCUT2D eigenvalue weighted by molar-refractivity contribution is 0.0505. The van der Waals surface area contributed by atoms with Gasteiger partial charge in [-0.2, -0.15) is 0 Å². The molecule has 0 unspecified atom stereocenters. The molecule has 0 aromatic rings. The second kappa shape index (κ2) is 6.49. The van der Waals surface area contributed by atoms with Crippen molar-refractivity contribution in [2.24, 2.45) is 0 Å². The van der Waals surface area contributed by atoms with E-state index in [-0.39, 0.29) is 11.7 Å². The maximum atomic E-state index is 11.3. The van der Waals surface area contributed by atoms with Gasteiger partial charge in [-0.25, -0.2) is 4.79 Å². The minimum atomic E-state index is -0.386. The highest BCUT2D eigenvalue weighted by molar-refractivity contribution is 5.68. The quantitative estimate of drug-likeness (QED) is 0.679. The molecule has 0 atom stereocenters. The molecule has 0 spiro atoms. The summed E-state index contributed by atoms with van der Waals surface area (Å²) in [4.78, 5) is 11.3. The first-order chi connectivity index (χ1) is 6.97. The van der Waals surface area contributed by atoms with E-state index in [1.165, 1.54) is 12.8 Å². The van der Waals surface area contributed by atoms with Gasteiger partial charge in [0.15, 0.2) is 0 Å². The highest BCUT2D eigenvalue weighted by Gasteiger charge is 2.21. The topological polar surface area (TPSA) is 38.3 Å². The lowest BCUT2D eigenvalue weighted by Gasteiger charge is -2.21. The van der Waals surface area contributed by atoms with Gasteiger partial charge < -0.3 is 10.1 Å². The lowest BCUT2D eigenvalue weighted by Crippen LogP contribution is -2.37. The summed E-state index contributed by atoms with van der Waals surface area (Å²) < 4.78 is 5.15. The van der Waals surface area contributed by atoms with Gasteiger partial charge in [-0.3, -0.25) is 0 Å². The maximum absolute atomic E-state index is 11.3. The normalized spacial score (nSPS) is 16.5. The number of nitrogens with one attached hydrogen (secondary N) is 1. The molecule has 1 saturated carbocycles. The van der Waals surface area contributed by atoms with Gasteiger partial charge in [-0.05, 0) is 33.6 Å². The third-order valence-corrected chi connectivity index (χ3v) is 2.08. The molecule has 1 N–H and O–H groups in total. The molecule has 1 aliphatic carbocycles. The smallest absolute Gasteiger partial charge is 0.407 e. The summed E-state index contributed by atoms with van der Waals surface area (Å²) in [5, 5.41) is 2.87. The van der Waals surface area contributed by atoms with Crippen LogP contribution < -0.4 is 5.32 Å². The number of ether oxygens (including phenoxy) is 1. The molecule has 0 radical (unpaired) electrons. The molecule has 1 rings (SSSR count). The zero-order valence-corrected chi connectivity index (χ0v) is 10.1. The third-order valence-electron chi connectivity index (χ3n) is 2.08. The summed E-state index contributed by atoms with van der Waals surface area (Å²) in [6, 6.07) is 0.342. The van der Waals surface area contributed by atoms with Gasteiger partial charge in [0.2, 0.25) is 0 Å². The van der Waals surface area contributed by atoms with Crippen molar-refractivity contribution >= 4 is 6.09 Å². The first-order valence-electron chi connectivity index (χ1n) is 5.47. The van der Waals surface area contributed by atoms with E-state index in [2.05, 4.69) is 18.5 Å². The molecule has 1 fully saturated rings. The van der Waals surface area contributed by atoms with Gasteiger partial charge in [0.1, 0.15) is 5.60 Å². The van der Waals surface area contributed by atoms with Crippen LogP contribution in [-0.4, -0.2) is 17.7 Å². The number of amides is 1. The molecule has 0 heterocycles. The van der Waals surface area contributed by atoms with Crippen molar-refractivity contribution in [1.29, 1.82) is 0 Å². The van der Waals surface area contributed by atoms with Crippen LogP contribution >= 0.6 is 0 Å². The Bertz CT molecular complexity index is 190. The summed E-state index contributed by atoms with van der Waals surface area (Å²) in [6.07, 6.45) is 4.36. The summed E-state index contributed by atoms with van der Waals surface area (Å²) in [7, 11) is 0. The maximum Gasteiger partial charge on any atom is 0.407 e. The van der Waals surface area contributed by atoms with E-state index in [1.54, 1.807) is 0 Å². The Labute approximate surface area is 92.9 Å². The lowest BCUT2D eigenvalue weighted by atomic mass is 10.2. The van der Waals surface area contributed by atoms with Crippen molar-refractivity contribution in [3.05, 3.63) is 13.2 Å². The van der Waals surface area contributed by atoms with E-state index < -0.39 is 0 Å². The first-order valence-corrected chi connectivity index (χ1v) is 5.47. The molecular weight excluding hydrogens is 190 g/mol. The molecule has 0 saturated heterocycles. The zero-order valence-electron chi connectivity index (χ0n) is 10.1. The molecule has 0 aromatic heterocycles. The molecule has 0 bridgehead atoms.